The molecule has 0 aliphatic rings. The maximum atomic E-state index is 6.47. The largest absolute Gasteiger partial charge is 0.435 e. The van der Waals surface area contributed by atoms with Gasteiger partial charge in [0, 0.05) is 0 Å². The number of benzene rings is 3. The minimum atomic E-state index is -1.28. The summed E-state index contributed by atoms with van der Waals surface area (Å²) in [6.45, 7) is 8.81. The van der Waals surface area contributed by atoms with Crippen molar-refractivity contribution in [1.29, 1.82) is 0 Å². The predicted octanol–water partition coefficient (Wildman–Crippen LogP) is 8.08. The molecule has 0 radical (unpaired) electrons. The lowest BCUT2D eigenvalue weighted by molar-refractivity contribution is 0.500. The molecule has 0 bridgehead atoms. The van der Waals surface area contributed by atoms with E-state index in [1.807, 2.05) is 18.2 Å². The molecular weight excluding hydrogens is 399 g/mol. The van der Waals surface area contributed by atoms with Crippen molar-refractivity contribution < 1.29 is 9.05 Å². The van der Waals surface area contributed by atoms with Crippen LogP contribution in [0.3, 0.4) is 0 Å². The van der Waals surface area contributed by atoms with Crippen molar-refractivity contribution >= 4 is 13.7 Å². The molecule has 0 aliphatic carbocycles. The SMILES string of the molecule is CCCCc1cc(OP(Oc2ccc(C)c(CCCC)c2)c2ccccc2)ccc1C. The molecular formula is C28H35O2P. The van der Waals surface area contributed by atoms with Gasteiger partial charge in [-0.1, -0.05) is 57.0 Å². The zero-order valence-corrected chi connectivity index (χ0v) is 20.3. The molecule has 3 rings (SSSR count). The smallest absolute Gasteiger partial charge is 0.326 e. The minimum Gasteiger partial charge on any atom is -0.435 e. The summed E-state index contributed by atoms with van der Waals surface area (Å²) < 4.78 is 12.9. The standard InChI is InChI=1S/C28H35O2P/c1-5-7-12-24-20-26(18-16-22(24)3)29-31(28-14-10-9-11-15-28)30-27-19-17-23(4)25(21-27)13-8-6-2/h9-11,14-21H,5-8,12-13H2,1-4H3. The fourth-order valence-electron chi connectivity index (χ4n) is 3.55. The van der Waals surface area contributed by atoms with Crippen molar-refractivity contribution in [2.75, 3.05) is 0 Å². The van der Waals surface area contributed by atoms with Crippen LogP contribution in [0.1, 0.15) is 61.8 Å². The molecule has 0 spiro atoms. The molecule has 0 atom stereocenters. The summed E-state index contributed by atoms with van der Waals surface area (Å²) in [5.74, 6) is 1.76. The van der Waals surface area contributed by atoms with Gasteiger partial charge in [0.2, 0.25) is 0 Å². The third-order valence-electron chi connectivity index (χ3n) is 5.58. The second kappa shape index (κ2) is 11.9. The average molecular weight is 435 g/mol. The van der Waals surface area contributed by atoms with Gasteiger partial charge in [-0.15, -0.1) is 0 Å². The van der Waals surface area contributed by atoms with Crippen LogP contribution in [-0.4, -0.2) is 0 Å². The summed E-state index contributed by atoms with van der Waals surface area (Å²) in [4.78, 5) is 0. The van der Waals surface area contributed by atoms with Crippen molar-refractivity contribution in [2.24, 2.45) is 0 Å². The zero-order chi connectivity index (χ0) is 22.1. The van der Waals surface area contributed by atoms with Crippen LogP contribution in [0, 0.1) is 13.8 Å². The Hall–Kier alpha value is -2.31. The first-order valence-electron chi connectivity index (χ1n) is 11.5. The van der Waals surface area contributed by atoms with Crippen molar-refractivity contribution in [2.45, 2.75) is 66.2 Å². The molecule has 2 nitrogen and oxygen atoms in total. The van der Waals surface area contributed by atoms with E-state index >= 15 is 0 Å². The summed E-state index contributed by atoms with van der Waals surface area (Å²) in [6.07, 6.45) is 6.94. The predicted molar refractivity (Wildman–Crippen MR) is 134 cm³/mol. The second-order valence-corrected chi connectivity index (χ2v) is 9.55. The first-order valence-corrected chi connectivity index (χ1v) is 12.7. The third kappa shape index (κ3) is 6.84. The molecule has 3 aromatic rings. The maximum absolute atomic E-state index is 6.47. The molecule has 3 aromatic carbocycles. The van der Waals surface area contributed by atoms with Crippen molar-refractivity contribution in [3.63, 3.8) is 0 Å². The van der Waals surface area contributed by atoms with Gasteiger partial charge in [-0.05, 0) is 98.2 Å². The Morgan fingerprint density at radius 2 is 1.13 bits per heavy atom. The third-order valence-corrected chi connectivity index (χ3v) is 7.06. The molecule has 0 saturated carbocycles. The van der Waals surface area contributed by atoms with Crippen LogP contribution in [-0.2, 0) is 12.8 Å². The van der Waals surface area contributed by atoms with Gasteiger partial charge in [0.05, 0.1) is 5.30 Å². The van der Waals surface area contributed by atoms with Crippen molar-refractivity contribution in [3.05, 3.63) is 89.0 Å². The number of unbranched alkanes of at least 4 members (excludes halogenated alkanes) is 2. The highest BCUT2D eigenvalue weighted by Gasteiger charge is 2.19. The Kier molecular flexibility index (Phi) is 8.98. The molecule has 0 fully saturated rings. The highest BCUT2D eigenvalue weighted by molar-refractivity contribution is 7.56. The van der Waals surface area contributed by atoms with Crippen molar-refractivity contribution in [3.8, 4) is 11.5 Å². The van der Waals surface area contributed by atoms with Gasteiger partial charge in [0.15, 0.2) is 0 Å². The van der Waals surface area contributed by atoms with Crippen molar-refractivity contribution in [1.82, 2.24) is 0 Å². The van der Waals surface area contributed by atoms with Gasteiger partial charge in [0.25, 0.3) is 0 Å². The van der Waals surface area contributed by atoms with E-state index in [1.165, 1.54) is 47.9 Å². The highest BCUT2D eigenvalue weighted by atomic mass is 31.2. The molecule has 31 heavy (non-hydrogen) atoms. The van der Waals surface area contributed by atoms with E-state index < -0.39 is 8.38 Å². The molecule has 0 saturated heterocycles. The Balaban J connectivity index is 1.85. The van der Waals surface area contributed by atoms with E-state index in [-0.39, 0.29) is 0 Å². The van der Waals surface area contributed by atoms with Crippen LogP contribution < -0.4 is 14.4 Å². The van der Waals surface area contributed by atoms with E-state index in [0.29, 0.717) is 0 Å². The van der Waals surface area contributed by atoms with Crippen LogP contribution in [0.4, 0.5) is 0 Å². The lowest BCUT2D eigenvalue weighted by Gasteiger charge is -2.20. The molecule has 3 heteroatoms. The molecule has 0 N–H and O–H groups in total. The Labute approximate surface area is 189 Å². The number of hydrogen-bond acceptors (Lipinski definition) is 2. The van der Waals surface area contributed by atoms with Gasteiger partial charge in [-0.25, -0.2) is 0 Å². The Morgan fingerprint density at radius 1 is 0.645 bits per heavy atom. The second-order valence-electron chi connectivity index (χ2n) is 8.16. The van der Waals surface area contributed by atoms with E-state index in [9.17, 15) is 0 Å². The van der Waals surface area contributed by atoms with Crippen LogP contribution in [0.15, 0.2) is 66.7 Å². The summed E-state index contributed by atoms with van der Waals surface area (Å²) >= 11 is 0. The van der Waals surface area contributed by atoms with Crippen LogP contribution >= 0.6 is 8.38 Å². The molecule has 0 amide bonds. The fraction of sp³-hybridized carbons (Fsp3) is 0.357. The summed E-state index contributed by atoms with van der Waals surface area (Å²) in [5, 5.41) is 1.07. The molecule has 164 valence electrons. The Bertz CT molecular complexity index is 893. The van der Waals surface area contributed by atoms with Gasteiger partial charge in [-0.2, -0.15) is 0 Å². The summed E-state index contributed by atoms with van der Waals surface area (Å²) in [5.41, 5.74) is 5.37. The van der Waals surface area contributed by atoms with Gasteiger partial charge >= 0.3 is 8.38 Å². The van der Waals surface area contributed by atoms with Crippen LogP contribution in [0.5, 0.6) is 11.5 Å². The Morgan fingerprint density at radius 3 is 1.58 bits per heavy atom. The van der Waals surface area contributed by atoms with E-state index in [0.717, 1.165) is 29.6 Å². The highest BCUT2D eigenvalue weighted by Crippen LogP contribution is 2.40. The van der Waals surface area contributed by atoms with Crippen LogP contribution in [0.2, 0.25) is 0 Å². The summed E-state index contributed by atoms with van der Waals surface area (Å²) in [7, 11) is -1.28. The monoisotopic (exact) mass is 434 g/mol. The molecule has 0 heterocycles. The molecule has 0 unspecified atom stereocenters. The molecule has 0 aromatic heterocycles. The first-order chi connectivity index (χ1) is 15.1. The maximum Gasteiger partial charge on any atom is 0.326 e. The van der Waals surface area contributed by atoms with Gasteiger partial charge < -0.3 is 9.05 Å². The quantitative estimate of drug-likeness (QED) is 0.284. The van der Waals surface area contributed by atoms with E-state index in [4.69, 9.17) is 9.05 Å². The van der Waals surface area contributed by atoms with Gasteiger partial charge in [0.1, 0.15) is 11.5 Å². The number of hydrogen-bond donors (Lipinski definition) is 0. The zero-order valence-electron chi connectivity index (χ0n) is 19.4. The number of aryl methyl sites for hydroxylation is 4. The minimum absolute atomic E-state index is 0.880. The van der Waals surface area contributed by atoms with Gasteiger partial charge in [-0.3, -0.25) is 0 Å². The van der Waals surface area contributed by atoms with E-state index in [1.54, 1.807) is 0 Å². The van der Waals surface area contributed by atoms with E-state index in [2.05, 4.69) is 76.2 Å². The average Bonchev–Trinajstić information content (AvgIpc) is 2.79. The lowest BCUT2D eigenvalue weighted by Crippen LogP contribution is -2.10. The molecule has 0 aliphatic heterocycles. The number of rotatable bonds is 11. The normalized spacial score (nSPS) is 11.0. The fourth-order valence-corrected chi connectivity index (χ4v) is 4.82. The summed E-state index contributed by atoms with van der Waals surface area (Å²) in [6, 6.07) is 23.1. The lowest BCUT2D eigenvalue weighted by atomic mass is 10.0. The first kappa shape index (κ1) is 23.4. The topological polar surface area (TPSA) is 18.5 Å². The van der Waals surface area contributed by atoms with Crippen LogP contribution in [0.25, 0.3) is 0 Å².